The van der Waals surface area contributed by atoms with Gasteiger partial charge in [-0.1, -0.05) is 35.9 Å². The van der Waals surface area contributed by atoms with E-state index < -0.39 is 20.0 Å². The van der Waals surface area contributed by atoms with Crippen LogP contribution in [0.5, 0.6) is 0 Å². The zero-order valence-corrected chi connectivity index (χ0v) is 12.5. The van der Waals surface area contributed by atoms with Crippen LogP contribution >= 0.6 is 11.6 Å². The minimum atomic E-state index is -4.72. The maximum Gasteiger partial charge on any atom is 0.332 e. The van der Waals surface area contributed by atoms with Crippen LogP contribution < -0.4 is 0 Å². The second-order valence-electron chi connectivity index (χ2n) is 4.30. The zero-order valence-electron chi connectivity index (χ0n) is 10.9. The van der Waals surface area contributed by atoms with E-state index in [4.69, 9.17) is 11.6 Å². The SMILES string of the molecule is O=[N+]([O-])c1ccc(/C=C\c2ccc(S(=O)(=O)F)cc2)c(Cl)c1. The molecule has 0 saturated carbocycles. The molecular formula is C14H9ClFNO4S. The minimum Gasteiger partial charge on any atom is -0.258 e. The van der Waals surface area contributed by atoms with Crippen LogP contribution in [-0.2, 0) is 10.2 Å². The van der Waals surface area contributed by atoms with E-state index in [0.717, 1.165) is 12.1 Å². The van der Waals surface area contributed by atoms with Gasteiger partial charge in [-0.25, -0.2) is 0 Å². The summed E-state index contributed by atoms with van der Waals surface area (Å²) in [5.74, 6) is 0. The first kappa shape index (κ1) is 16.1. The Morgan fingerprint density at radius 1 is 1.09 bits per heavy atom. The van der Waals surface area contributed by atoms with Crippen molar-refractivity contribution < 1.29 is 17.2 Å². The van der Waals surface area contributed by atoms with Gasteiger partial charge in [-0.3, -0.25) is 10.1 Å². The summed E-state index contributed by atoms with van der Waals surface area (Å²) >= 11 is 5.94. The fourth-order valence-corrected chi connectivity index (χ4v) is 2.39. The number of rotatable bonds is 4. The highest BCUT2D eigenvalue weighted by molar-refractivity contribution is 7.86. The van der Waals surface area contributed by atoms with Crippen LogP contribution in [0.4, 0.5) is 9.57 Å². The number of benzene rings is 2. The highest BCUT2D eigenvalue weighted by Gasteiger charge is 2.10. The third-order valence-corrected chi connectivity index (χ3v) is 3.97. The normalized spacial score (nSPS) is 11.7. The Labute approximate surface area is 131 Å². The average Bonchev–Trinajstić information content (AvgIpc) is 2.45. The summed E-state index contributed by atoms with van der Waals surface area (Å²) in [6.07, 6.45) is 3.24. The van der Waals surface area contributed by atoms with Gasteiger partial charge in [-0.2, -0.15) is 8.42 Å². The Morgan fingerprint density at radius 3 is 2.23 bits per heavy atom. The summed E-state index contributed by atoms with van der Waals surface area (Å²) < 4.78 is 34.1. The minimum absolute atomic E-state index is 0.111. The Balaban J connectivity index is 2.23. The van der Waals surface area contributed by atoms with E-state index in [1.807, 2.05) is 0 Å². The van der Waals surface area contributed by atoms with E-state index >= 15 is 0 Å². The lowest BCUT2D eigenvalue weighted by molar-refractivity contribution is -0.384. The molecule has 0 aliphatic carbocycles. The second kappa shape index (κ2) is 6.25. The monoisotopic (exact) mass is 341 g/mol. The molecule has 5 nitrogen and oxygen atoms in total. The van der Waals surface area contributed by atoms with Gasteiger partial charge in [0, 0.05) is 12.1 Å². The molecule has 0 saturated heterocycles. The molecule has 2 rings (SSSR count). The molecule has 0 bridgehead atoms. The number of hydrogen-bond acceptors (Lipinski definition) is 4. The van der Waals surface area contributed by atoms with Gasteiger partial charge in [-0.15, -0.1) is 3.89 Å². The lowest BCUT2D eigenvalue weighted by Crippen LogP contribution is -1.90. The van der Waals surface area contributed by atoms with Gasteiger partial charge < -0.3 is 0 Å². The summed E-state index contributed by atoms with van der Waals surface area (Å²) in [5, 5.41) is 10.8. The quantitative estimate of drug-likeness (QED) is 0.363. The molecule has 0 radical (unpaired) electrons. The molecule has 0 atom stereocenters. The molecule has 22 heavy (non-hydrogen) atoms. The van der Waals surface area contributed by atoms with E-state index in [2.05, 4.69) is 0 Å². The standard InChI is InChI=1S/C14H9ClFNO4S/c15-14-9-12(17(18)19)6-5-11(14)4-1-10-2-7-13(8-3-10)22(16,20)21/h1-9H/b4-1-. The molecule has 0 aromatic heterocycles. The highest BCUT2D eigenvalue weighted by atomic mass is 35.5. The van der Waals surface area contributed by atoms with Gasteiger partial charge in [0.1, 0.15) is 0 Å². The molecule has 8 heteroatoms. The van der Waals surface area contributed by atoms with Crippen molar-refractivity contribution in [1.29, 1.82) is 0 Å². The van der Waals surface area contributed by atoms with E-state index in [9.17, 15) is 22.4 Å². The van der Waals surface area contributed by atoms with Gasteiger partial charge in [0.2, 0.25) is 0 Å². The molecule has 0 spiro atoms. The summed E-state index contributed by atoms with van der Waals surface area (Å²) in [5.41, 5.74) is 1.08. The van der Waals surface area contributed by atoms with Crippen LogP contribution in [0.3, 0.4) is 0 Å². The molecular weight excluding hydrogens is 333 g/mol. The van der Waals surface area contributed by atoms with Crippen molar-refractivity contribution in [1.82, 2.24) is 0 Å². The van der Waals surface area contributed by atoms with Crippen molar-refractivity contribution >= 4 is 39.7 Å². The third kappa shape index (κ3) is 3.90. The van der Waals surface area contributed by atoms with Crippen molar-refractivity contribution in [2.45, 2.75) is 4.90 Å². The van der Waals surface area contributed by atoms with Crippen LogP contribution in [-0.4, -0.2) is 13.3 Å². The van der Waals surface area contributed by atoms with Crippen molar-refractivity contribution in [3.8, 4) is 0 Å². The molecule has 2 aromatic rings. The number of halogens is 2. The van der Waals surface area contributed by atoms with Crippen LogP contribution in [0.2, 0.25) is 5.02 Å². The number of nitro benzene ring substituents is 1. The smallest absolute Gasteiger partial charge is 0.258 e. The molecule has 114 valence electrons. The second-order valence-corrected chi connectivity index (χ2v) is 6.06. The van der Waals surface area contributed by atoms with Crippen molar-refractivity contribution in [2.24, 2.45) is 0 Å². The topological polar surface area (TPSA) is 77.3 Å². The van der Waals surface area contributed by atoms with Gasteiger partial charge in [-0.05, 0) is 29.3 Å². The van der Waals surface area contributed by atoms with Crippen molar-refractivity contribution in [3.05, 3.63) is 68.7 Å². The summed E-state index contributed by atoms with van der Waals surface area (Å²) in [6.45, 7) is 0. The summed E-state index contributed by atoms with van der Waals surface area (Å²) in [4.78, 5) is 9.64. The van der Waals surface area contributed by atoms with Gasteiger partial charge >= 0.3 is 10.2 Å². The van der Waals surface area contributed by atoms with Gasteiger partial charge in [0.25, 0.3) is 5.69 Å². The Morgan fingerprint density at radius 2 is 1.73 bits per heavy atom. The average molecular weight is 342 g/mol. The largest absolute Gasteiger partial charge is 0.332 e. The van der Waals surface area contributed by atoms with Crippen LogP contribution in [0.15, 0.2) is 47.4 Å². The van der Waals surface area contributed by atoms with Crippen LogP contribution in [0.25, 0.3) is 12.2 Å². The number of nitrogens with zero attached hydrogens (tertiary/aromatic N) is 1. The van der Waals surface area contributed by atoms with E-state index in [1.54, 1.807) is 12.2 Å². The lowest BCUT2D eigenvalue weighted by atomic mass is 10.1. The molecule has 0 fully saturated rings. The lowest BCUT2D eigenvalue weighted by Gasteiger charge is -1.99. The molecule has 0 aliphatic heterocycles. The number of hydrogen-bond donors (Lipinski definition) is 0. The summed E-state index contributed by atoms with van der Waals surface area (Å²) in [7, 11) is -4.72. The predicted molar refractivity (Wildman–Crippen MR) is 81.8 cm³/mol. The maximum atomic E-state index is 12.7. The predicted octanol–water partition coefficient (Wildman–Crippen LogP) is 4.08. The first-order valence-corrected chi connectivity index (χ1v) is 7.70. The molecule has 2 aromatic carbocycles. The van der Waals surface area contributed by atoms with E-state index in [-0.39, 0.29) is 10.7 Å². The zero-order chi connectivity index (χ0) is 16.3. The van der Waals surface area contributed by atoms with Crippen molar-refractivity contribution in [2.75, 3.05) is 0 Å². The van der Waals surface area contributed by atoms with E-state index in [1.165, 1.54) is 30.3 Å². The third-order valence-electron chi connectivity index (χ3n) is 2.81. The van der Waals surface area contributed by atoms with Crippen LogP contribution in [0, 0.1) is 10.1 Å². The molecule has 0 N–H and O–H groups in total. The number of non-ortho nitro benzene ring substituents is 1. The maximum absolute atomic E-state index is 12.7. The molecule has 0 amide bonds. The summed E-state index contributed by atoms with van der Waals surface area (Å²) in [6, 6.07) is 9.21. The molecule has 0 heterocycles. The Bertz CT molecular complexity index is 848. The Kier molecular flexibility index (Phi) is 4.58. The first-order valence-electron chi connectivity index (χ1n) is 5.94. The first-order chi connectivity index (χ1) is 10.3. The number of nitro groups is 1. The molecule has 0 aliphatic rings. The van der Waals surface area contributed by atoms with Crippen molar-refractivity contribution in [3.63, 3.8) is 0 Å². The fraction of sp³-hybridized carbons (Fsp3) is 0. The molecule has 0 unspecified atom stereocenters. The van der Waals surface area contributed by atoms with Crippen LogP contribution in [0.1, 0.15) is 11.1 Å². The fourth-order valence-electron chi connectivity index (χ4n) is 1.69. The Hall–Kier alpha value is -2.25. The van der Waals surface area contributed by atoms with Gasteiger partial charge in [0.15, 0.2) is 0 Å². The van der Waals surface area contributed by atoms with Gasteiger partial charge in [0.05, 0.1) is 14.8 Å². The van der Waals surface area contributed by atoms with E-state index in [0.29, 0.717) is 11.1 Å². The highest BCUT2D eigenvalue weighted by Crippen LogP contribution is 2.24.